The van der Waals surface area contributed by atoms with Crippen LogP contribution >= 0.6 is 28.6 Å². The third-order valence-corrected chi connectivity index (χ3v) is 3.10. The van der Waals surface area contributed by atoms with Gasteiger partial charge in [-0.2, -0.15) is 12.6 Å². The van der Waals surface area contributed by atoms with E-state index in [-0.39, 0.29) is 4.75 Å². The van der Waals surface area contributed by atoms with Crippen molar-refractivity contribution in [3.8, 4) is 0 Å². The van der Waals surface area contributed by atoms with Crippen LogP contribution in [0.2, 0.25) is 0 Å². The number of nitrogens with zero attached hydrogens (tertiary/aromatic N) is 2. The predicted octanol–water partition coefficient (Wildman–Crippen LogP) is 3.56. The summed E-state index contributed by atoms with van der Waals surface area (Å²) in [4.78, 5) is 8.56. The van der Waals surface area contributed by atoms with Crippen molar-refractivity contribution in [2.24, 2.45) is 0 Å². The highest BCUT2D eigenvalue weighted by atomic mass is 79.9. The molecular weight excluding hydrogens is 272 g/mol. The number of thiol groups is 1. The first-order valence-corrected chi connectivity index (χ1v) is 5.85. The molecule has 0 spiro atoms. The van der Waals surface area contributed by atoms with Gasteiger partial charge in [-0.3, -0.25) is 9.97 Å². The lowest BCUT2D eigenvalue weighted by Crippen LogP contribution is -2.07. The predicted molar refractivity (Wildman–Crippen MR) is 69.3 cm³/mol. The lowest BCUT2D eigenvalue weighted by atomic mass is 10.0. The first kappa shape index (κ1) is 10.9. The maximum Gasteiger partial charge on any atom is 0.103 e. The van der Waals surface area contributed by atoms with E-state index in [0.717, 1.165) is 21.1 Å². The van der Waals surface area contributed by atoms with Gasteiger partial charge in [0.1, 0.15) is 5.52 Å². The molecule has 78 valence electrons. The van der Waals surface area contributed by atoms with Gasteiger partial charge in [0.15, 0.2) is 0 Å². The molecule has 0 saturated heterocycles. The third kappa shape index (κ3) is 2.16. The minimum absolute atomic E-state index is 0.172. The summed E-state index contributed by atoms with van der Waals surface area (Å²) in [6, 6.07) is 4.07. The first-order chi connectivity index (χ1) is 6.98. The third-order valence-electron chi connectivity index (χ3n) is 2.23. The molecule has 0 saturated carbocycles. The van der Waals surface area contributed by atoms with Crippen LogP contribution in [0.3, 0.4) is 0 Å². The molecular formula is C11H11BrN2S. The van der Waals surface area contributed by atoms with E-state index in [4.69, 9.17) is 0 Å². The molecule has 0 unspecified atom stereocenters. The Kier molecular flexibility index (Phi) is 2.73. The van der Waals surface area contributed by atoms with Crippen LogP contribution in [0, 0.1) is 0 Å². The van der Waals surface area contributed by atoms with E-state index in [1.807, 2.05) is 12.1 Å². The SMILES string of the molecule is CC(C)(S)c1cc(Br)c2nccnc2c1. The minimum atomic E-state index is -0.172. The average molecular weight is 283 g/mol. The van der Waals surface area contributed by atoms with Crippen molar-refractivity contribution in [3.63, 3.8) is 0 Å². The smallest absolute Gasteiger partial charge is 0.103 e. The standard InChI is InChI=1S/C11H11BrN2S/c1-11(2,15)7-5-8(12)10-9(6-7)13-3-4-14-10/h3-6,15H,1-2H3. The summed E-state index contributed by atoms with van der Waals surface area (Å²) in [6.45, 7) is 4.11. The van der Waals surface area contributed by atoms with Gasteiger partial charge in [0.2, 0.25) is 0 Å². The molecule has 2 nitrogen and oxygen atoms in total. The van der Waals surface area contributed by atoms with Gasteiger partial charge < -0.3 is 0 Å². The molecule has 2 aromatic rings. The van der Waals surface area contributed by atoms with E-state index in [2.05, 4.69) is 52.4 Å². The topological polar surface area (TPSA) is 25.8 Å². The molecule has 1 heterocycles. The van der Waals surface area contributed by atoms with Crippen LogP contribution in [0.15, 0.2) is 29.0 Å². The molecule has 0 radical (unpaired) electrons. The van der Waals surface area contributed by atoms with Crippen molar-refractivity contribution in [2.75, 3.05) is 0 Å². The van der Waals surface area contributed by atoms with E-state index in [9.17, 15) is 0 Å². The Hall–Kier alpha value is -0.610. The van der Waals surface area contributed by atoms with Crippen LogP contribution in [0.5, 0.6) is 0 Å². The van der Waals surface area contributed by atoms with Crippen molar-refractivity contribution < 1.29 is 0 Å². The number of halogens is 1. The second kappa shape index (κ2) is 3.76. The van der Waals surface area contributed by atoms with Crippen LogP contribution in [0.25, 0.3) is 11.0 Å². The quantitative estimate of drug-likeness (QED) is 0.810. The molecule has 1 aromatic heterocycles. The fourth-order valence-electron chi connectivity index (χ4n) is 1.39. The molecule has 4 heteroatoms. The first-order valence-electron chi connectivity index (χ1n) is 4.61. The van der Waals surface area contributed by atoms with E-state index >= 15 is 0 Å². The highest BCUT2D eigenvalue weighted by Crippen LogP contribution is 2.32. The van der Waals surface area contributed by atoms with E-state index in [1.165, 1.54) is 0 Å². The number of aromatic nitrogens is 2. The summed E-state index contributed by atoms with van der Waals surface area (Å²) in [5.41, 5.74) is 2.91. The fourth-order valence-corrected chi connectivity index (χ4v) is 2.07. The van der Waals surface area contributed by atoms with Gasteiger partial charge in [0.25, 0.3) is 0 Å². The Morgan fingerprint density at radius 3 is 2.53 bits per heavy atom. The Balaban J connectivity index is 2.73. The highest BCUT2D eigenvalue weighted by Gasteiger charge is 2.17. The second-order valence-corrected chi connectivity index (χ2v) is 5.91. The molecule has 1 aromatic carbocycles. The van der Waals surface area contributed by atoms with Crippen LogP contribution in [0.1, 0.15) is 19.4 Å². The zero-order chi connectivity index (χ0) is 11.1. The van der Waals surface area contributed by atoms with Crippen LogP contribution in [0.4, 0.5) is 0 Å². The molecule has 0 aliphatic carbocycles. The maximum atomic E-state index is 4.55. The van der Waals surface area contributed by atoms with Crippen LogP contribution in [-0.4, -0.2) is 9.97 Å². The molecule has 2 rings (SSSR count). The fraction of sp³-hybridized carbons (Fsp3) is 0.273. The molecule has 0 atom stereocenters. The highest BCUT2D eigenvalue weighted by molar-refractivity contribution is 9.10. The van der Waals surface area contributed by atoms with E-state index < -0.39 is 0 Å². The molecule has 0 aliphatic rings. The summed E-state index contributed by atoms with van der Waals surface area (Å²) in [7, 11) is 0. The molecule has 0 bridgehead atoms. The monoisotopic (exact) mass is 282 g/mol. The van der Waals surface area contributed by atoms with E-state index in [0.29, 0.717) is 0 Å². The summed E-state index contributed by atoms with van der Waals surface area (Å²) in [6.07, 6.45) is 3.39. The molecule has 0 fully saturated rings. The number of hydrogen-bond donors (Lipinski definition) is 1. The Morgan fingerprint density at radius 2 is 1.87 bits per heavy atom. The molecule has 0 N–H and O–H groups in total. The van der Waals surface area contributed by atoms with Crippen molar-refractivity contribution in [1.29, 1.82) is 0 Å². The van der Waals surface area contributed by atoms with Crippen LogP contribution < -0.4 is 0 Å². The summed E-state index contributed by atoms with van der Waals surface area (Å²) >= 11 is 8.05. The van der Waals surface area contributed by atoms with Gasteiger partial charge in [-0.1, -0.05) is 0 Å². The van der Waals surface area contributed by atoms with E-state index in [1.54, 1.807) is 12.4 Å². The molecule has 15 heavy (non-hydrogen) atoms. The number of rotatable bonds is 1. The van der Waals surface area contributed by atoms with Gasteiger partial charge in [0.05, 0.1) is 5.52 Å². The Bertz CT molecular complexity index is 505. The van der Waals surface area contributed by atoms with Gasteiger partial charge in [-0.15, -0.1) is 0 Å². The largest absolute Gasteiger partial charge is 0.253 e. The summed E-state index contributed by atoms with van der Waals surface area (Å²) < 4.78 is 0.791. The number of benzene rings is 1. The van der Waals surface area contributed by atoms with Crippen molar-refractivity contribution in [2.45, 2.75) is 18.6 Å². The minimum Gasteiger partial charge on any atom is -0.253 e. The van der Waals surface area contributed by atoms with Gasteiger partial charge in [0, 0.05) is 21.6 Å². The number of fused-ring (bicyclic) bond motifs is 1. The average Bonchev–Trinajstić information content (AvgIpc) is 2.16. The molecule has 0 amide bonds. The lowest BCUT2D eigenvalue weighted by Gasteiger charge is -2.18. The summed E-state index contributed by atoms with van der Waals surface area (Å²) in [5, 5.41) is 0. The zero-order valence-electron chi connectivity index (χ0n) is 8.53. The Labute approximate surface area is 103 Å². The van der Waals surface area contributed by atoms with Gasteiger partial charge in [-0.25, -0.2) is 0 Å². The van der Waals surface area contributed by atoms with Crippen molar-refractivity contribution in [3.05, 3.63) is 34.6 Å². The number of hydrogen-bond acceptors (Lipinski definition) is 3. The normalized spacial score (nSPS) is 12.0. The second-order valence-electron chi connectivity index (χ2n) is 3.94. The van der Waals surface area contributed by atoms with Crippen LogP contribution in [-0.2, 0) is 4.75 Å². The van der Waals surface area contributed by atoms with Gasteiger partial charge >= 0.3 is 0 Å². The van der Waals surface area contributed by atoms with Crippen molar-refractivity contribution in [1.82, 2.24) is 9.97 Å². The summed E-state index contributed by atoms with van der Waals surface area (Å²) in [5.74, 6) is 0. The van der Waals surface area contributed by atoms with Crippen molar-refractivity contribution >= 4 is 39.6 Å². The lowest BCUT2D eigenvalue weighted by molar-refractivity contribution is 0.791. The zero-order valence-corrected chi connectivity index (χ0v) is 11.0. The molecule has 0 aliphatic heterocycles. The van der Waals surface area contributed by atoms with Gasteiger partial charge in [-0.05, 0) is 47.5 Å². The Morgan fingerprint density at radius 1 is 1.20 bits per heavy atom. The maximum absolute atomic E-state index is 4.55.